The minimum atomic E-state index is -3.37. The smallest absolute Gasteiger partial charge is 0.215 e. The van der Waals surface area contributed by atoms with E-state index >= 15 is 0 Å². The molecule has 1 heterocycles. The zero-order valence-electron chi connectivity index (χ0n) is 13.4. The quantitative estimate of drug-likeness (QED) is 0.767. The Kier molecular flexibility index (Phi) is 5.43. The van der Waals surface area contributed by atoms with Gasteiger partial charge in [-0.1, -0.05) is 48.0 Å². The Bertz CT molecular complexity index is 808. The van der Waals surface area contributed by atoms with Gasteiger partial charge in [0.05, 0.1) is 5.75 Å². The first kappa shape index (κ1) is 17.3. The molecule has 128 valence electrons. The van der Waals surface area contributed by atoms with Crippen molar-refractivity contribution in [2.75, 3.05) is 24.5 Å². The van der Waals surface area contributed by atoms with Gasteiger partial charge in [0.25, 0.3) is 0 Å². The summed E-state index contributed by atoms with van der Waals surface area (Å²) in [6, 6.07) is 15.4. The summed E-state index contributed by atoms with van der Waals surface area (Å²) >= 11 is 6.03. The van der Waals surface area contributed by atoms with E-state index in [1.54, 1.807) is 24.3 Å². The zero-order chi connectivity index (χ0) is 17.0. The number of benzene rings is 2. The number of hydrogen-bond donors (Lipinski definition) is 1. The Morgan fingerprint density at radius 2 is 1.83 bits per heavy atom. The average molecular weight is 365 g/mol. The van der Waals surface area contributed by atoms with Crippen LogP contribution >= 0.6 is 11.6 Å². The van der Waals surface area contributed by atoms with Crippen LogP contribution < -0.4 is 9.62 Å². The molecule has 0 amide bonds. The average Bonchev–Trinajstić information content (AvgIpc) is 2.97. The Morgan fingerprint density at radius 1 is 1.08 bits per heavy atom. The van der Waals surface area contributed by atoms with Gasteiger partial charge in [0.1, 0.15) is 0 Å². The van der Waals surface area contributed by atoms with Gasteiger partial charge in [-0.3, -0.25) is 0 Å². The maximum atomic E-state index is 12.2. The summed E-state index contributed by atoms with van der Waals surface area (Å²) in [6.45, 7) is 2.29. The molecule has 0 bridgehead atoms. The third kappa shape index (κ3) is 4.29. The molecule has 2 aromatic carbocycles. The van der Waals surface area contributed by atoms with Gasteiger partial charge < -0.3 is 4.90 Å². The minimum Gasteiger partial charge on any atom is -0.371 e. The molecule has 1 N–H and O–H groups in total. The molecular weight excluding hydrogens is 344 g/mol. The lowest BCUT2D eigenvalue weighted by Gasteiger charge is -2.19. The summed E-state index contributed by atoms with van der Waals surface area (Å²) in [7, 11) is -3.37. The van der Waals surface area contributed by atoms with Crippen molar-refractivity contribution in [2.24, 2.45) is 0 Å². The fourth-order valence-corrected chi connectivity index (χ4v) is 4.51. The van der Waals surface area contributed by atoms with E-state index < -0.39 is 10.0 Å². The summed E-state index contributed by atoms with van der Waals surface area (Å²) < 4.78 is 27.0. The SMILES string of the molecule is O=S(=O)(Cc1ccccc1Cl)NCCCN1CCc2ccccc21. The van der Waals surface area contributed by atoms with Gasteiger partial charge in [0.2, 0.25) is 10.0 Å². The predicted molar refractivity (Wildman–Crippen MR) is 99.1 cm³/mol. The number of sulfonamides is 1. The second kappa shape index (κ2) is 7.55. The van der Waals surface area contributed by atoms with Gasteiger partial charge >= 0.3 is 0 Å². The summed E-state index contributed by atoms with van der Waals surface area (Å²) in [5.41, 5.74) is 3.27. The zero-order valence-corrected chi connectivity index (χ0v) is 15.0. The van der Waals surface area contributed by atoms with Crippen molar-refractivity contribution < 1.29 is 8.42 Å². The van der Waals surface area contributed by atoms with E-state index in [4.69, 9.17) is 11.6 Å². The third-order valence-corrected chi connectivity index (χ3v) is 5.92. The number of nitrogens with zero attached hydrogens (tertiary/aromatic N) is 1. The van der Waals surface area contributed by atoms with Crippen molar-refractivity contribution in [3.8, 4) is 0 Å². The summed E-state index contributed by atoms with van der Waals surface area (Å²) in [4.78, 5) is 2.32. The predicted octanol–water partition coefficient (Wildman–Crippen LogP) is 3.21. The standard InChI is InChI=1S/C18H21ClN2O2S/c19-17-8-3-1-7-16(17)14-24(22,23)20-11-5-12-21-13-10-15-6-2-4-9-18(15)21/h1-4,6-9,20H,5,10-14H2. The first-order valence-electron chi connectivity index (χ1n) is 8.09. The van der Waals surface area contributed by atoms with Crippen molar-refractivity contribution in [1.29, 1.82) is 0 Å². The Labute approximate surface area is 148 Å². The topological polar surface area (TPSA) is 49.4 Å². The molecule has 6 heteroatoms. The van der Waals surface area contributed by atoms with E-state index in [1.807, 2.05) is 6.07 Å². The molecule has 0 atom stereocenters. The van der Waals surface area contributed by atoms with Crippen molar-refractivity contribution in [3.63, 3.8) is 0 Å². The normalized spacial score (nSPS) is 14.0. The number of nitrogens with one attached hydrogen (secondary N) is 1. The van der Waals surface area contributed by atoms with Crippen LogP contribution in [0.5, 0.6) is 0 Å². The molecule has 0 fully saturated rings. The molecule has 1 aliphatic heterocycles. The maximum Gasteiger partial charge on any atom is 0.215 e. The molecule has 0 saturated heterocycles. The van der Waals surface area contributed by atoms with Gasteiger partial charge in [-0.15, -0.1) is 0 Å². The number of fused-ring (bicyclic) bond motifs is 1. The van der Waals surface area contributed by atoms with E-state index in [1.165, 1.54) is 11.3 Å². The van der Waals surface area contributed by atoms with Crippen LogP contribution in [0.4, 0.5) is 5.69 Å². The second-order valence-electron chi connectivity index (χ2n) is 5.96. The third-order valence-electron chi connectivity index (χ3n) is 4.21. The lowest BCUT2D eigenvalue weighted by molar-refractivity contribution is 0.577. The highest BCUT2D eigenvalue weighted by Crippen LogP contribution is 2.27. The molecule has 0 aromatic heterocycles. The molecule has 0 spiro atoms. The highest BCUT2D eigenvalue weighted by molar-refractivity contribution is 7.88. The van der Waals surface area contributed by atoms with Crippen molar-refractivity contribution in [1.82, 2.24) is 4.72 Å². The highest BCUT2D eigenvalue weighted by Gasteiger charge is 2.18. The van der Waals surface area contributed by atoms with Crippen molar-refractivity contribution in [2.45, 2.75) is 18.6 Å². The summed E-state index contributed by atoms with van der Waals surface area (Å²) in [5.74, 6) is -0.0841. The van der Waals surface area contributed by atoms with Gasteiger partial charge in [0, 0.05) is 30.3 Å². The van der Waals surface area contributed by atoms with Gasteiger partial charge in [0.15, 0.2) is 0 Å². The van der Waals surface area contributed by atoms with Crippen LogP contribution in [-0.2, 0) is 22.2 Å². The molecule has 0 unspecified atom stereocenters. The highest BCUT2D eigenvalue weighted by atomic mass is 35.5. The molecule has 2 aromatic rings. The Morgan fingerprint density at radius 3 is 2.67 bits per heavy atom. The fraction of sp³-hybridized carbons (Fsp3) is 0.333. The molecule has 1 aliphatic rings. The largest absolute Gasteiger partial charge is 0.371 e. The Balaban J connectivity index is 1.47. The van der Waals surface area contributed by atoms with Gasteiger partial charge in [-0.2, -0.15) is 0 Å². The lowest BCUT2D eigenvalue weighted by atomic mass is 10.2. The van der Waals surface area contributed by atoms with Crippen LogP contribution in [-0.4, -0.2) is 28.1 Å². The van der Waals surface area contributed by atoms with Gasteiger partial charge in [-0.25, -0.2) is 13.1 Å². The van der Waals surface area contributed by atoms with Crippen LogP contribution in [0.2, 0.25) is 5.02 Å². The van der Waals surface area contributed by atoms with Crippen molar-refractivity contribution >= 4 is 27.3 Å². The summed E-state index contributed by atoms with van der Waals surface area (Å²) in [6.07, 6.45) is 1.84. The maximum absolute atomic E-state index is 12.2. The molecule has 3 rings (SSSR count). The van der Waals surface area contributed by atoms with Crippen LogP contribution in [0.1, 0.15) is 17.5 Å². The first-order chi connectivity index (χ1) is 11.6. The molecule has 0 aliphatic carbocycles. The van der Waals surface area contributed by atoms with Crippen LogP contribution in [0.15, 0.2) is 48.5 Å². The Hall–Kier alpha value is -1.56. The lowest BCUT2D eigenvalue weighted by Crippen LogP contribution is -2.30. The number of rotatable bonds is 7. The second-order valence-corrected chi connectivity index (χ2v) is 8.18. The number of anilines is 1. The first-order valence-corrected chi connectivity index (χ1v) is 10.1. The van der Waals surface area contributed by atoms with E-state index in [9.17, 15) is 8.42 Å². The van der Waals surface area contributed by atoms with Gasteiger partial charge in [-0.05, 0) is 36.1 Å². The van der Waals surface area contributed by atoms with Crippen molar-refractivity contribution in [3.05, 3.63) is 64.7 Å². The van der Waals surface area contributed by atoms with E-state index in [0.29, 0.717) is 17.1 Å². The molecule has 4 nitrogen and oxygen atoms in total. The van der Waals surface area contributed by atoms with Crippen LogP contribution in [0.25, 0.3) is 0 Å². The molecule has 24 heavy (non-hydrogen) atoms. The van der Waals surface area contributed by atoms with E-state index in [-0.39, 0.29) is 5.75 Å². The monoisotopic (exact) mass is 364 g/mol. The number of halogens is 1. The number of hydrogen-bond acceptors (Lipinski definition) is 3. The fourth-order valence-electron chi connectivity index (χ4n) is 3.01. The minimum absolute atomic E-state index is 0.0841. The molecule has 0 radical (unpaired) electrons. The van der Waals surface area contributed by atoms with E-state index in [0.717, 1.165) is 25.9 Å². The molecule has 0 saturated carbocycles. The van der Waals surface area contributed by atoms with Crippen LogP contribution in [0, 0.1) is 0 Å². The van der Waals surface area contributed by atoms with E-state index in [2.05, 4.69) is 27.8 Å². The number of para-hydroxylation sites is 1. The summed E-state index contributed by atoms with van der Waals surface area (Å²) in [5, 5.41) is 0.483. The van der Waals surface area contributed by atoms with Crippen LogP contribution in [0.3, 0.4) is 0 Å². The molecular formula is C18H21ClN2O2S.